The van der Waals surface area contributed by atoms with Crippen LogP contribution in [-0.2, 0) is 16.1 Å². The predicted molar refractivity (Wildman–Crippen MR) is 108 cm³/mol. The van der Waals surface area contributed by atoms with Gasteiger partial charge in [-0.15, -0.1) is 12.4 Å². The summed E-state index contributed by atoms with van der Waals surface area (Å²) in [4.78, 5) is 25.9. The molecule has 6 nitrogen and oxygen atoms in total. The summed E-state index contributed by atoms with van der Waals surface area (Å²) in [6, 6.07) is 8.45. The summed E-state index contributed by atoms with van der Waals surface area (Å²) >= 11 is 0. The zero-order valence-corrected chi connectivity index (χ0v) is 16.4. The quantitative estimate of drug-likeness (QED) is 0.712. The Labute approximate surface area is 166 Å². The number of amides is 1. The molecule has 2 fully saturated rings. The maximum atomic E-state index is 12.5. The van der Waals surface area contributed by atoms with Crippen molar-refractivity contribution >= 4 is 30.0 Å². The van der Waals surface area contributed by atoms with Gasteiger partial charge in [0, 0.05) is 37.3 Å². The summed E-state index contributed by atoms with van der Waals surface area (Å²) < 4.78 is 0. The van der Waals surface area contributed by atoms with Gasteiger partial charge in [-0.3, -0.25) is 9.59 Å². The number of nitrogens with one attached hydrogen (secondary N) is 1. The zero-order valence-electron chi connectivity index (χ0n) is 15.6. The third kappa shape index (κ3) is 5.59. The number of hydrogen-bond acceptors (Lipinski definition) is 4. The molecule has 0 unspecified atom stereocenters. The number of rotatable bonds is 5. The lowest BCUT2D eigenvalue weighted by atomic mass is 9.85. The van der Waals surface area contributed by atoms with Crippen LogP contribution in [0.25, 0.3) is 0 Å². The van der Waals surface area contributed by atoms with E-state index in [4.69, 9.17) is 10.8 Å². The molecule has 3 rings (SSSR count). The third-order valence-corrected chi connectivity index (χ3v) is 5.83. The van der Waals surface area contributed by atoms with Crippen LogP contribution in [0.5, 0.6) is 0 Å². The van der Waals surface area contributed by atoms with Crippen molar-refractivity contribution in [1.82, 2.24) is 5.32 Å². The second-order valence-electron chi connectivity index (χ2n) is 7.53. The largest absolute Gasteiger partial charge is 0.481 e. The molecule has 0 bridgehead atoms. The average molecular weight is 396 g/mol. The monoisotopic (exact) mass is 395 g/mol. The average Bonchev–Trinajstić information content (AvgIpc) is 2.68. The van der Waals surface area contributed by atoms with Gasteiger partial charge in [0.2, 0.25) is 5.91 Å². The first-order valence-electron chi connectivity index (χ1n) is 9.64. The maximum Gasteiger partial charge on any atom is 0.306 e. The Bertz CT molecular complexity index is 622. The number of carbonyl (C=O) groups is 2. The van der Waals surface area contributed by atoms with Crippen LogP contribution in [0, 0.1) is 11.8 Å². The molecule has 150 valence electrons. The smallest absolute Gasteiger partial charge is 0.306 e. The van der Waals surface area contributed by atoms with E-state index in [2.05, 4.69) is 34.5 Å². The van der Waals surface area contributed by atoms with Crippen LogP contribution >= 0.6 is 12.4 Å². The maximum absolute atomic E-state index is 12.5. The van der Waals surface area contributed by atoms with Crippen molar-refractivity contribution in [3.8, 4) is 0 Å². The second-order valence-corrected chi connectivity index (χ2v) is 7.53. The molecule has 1 aromatic rings. The highest BCUT2D eigenvalue weighted by Crippen LogP contribution is 2.27. The predicted octanol–water partition coefficient (Wildman–Crippen LogP) is 2.54. The summed E-state index contributed by atoms with van der Waals surface area (Å²) in [5, 5.41) is 12.2. The normalized spacial score (nSPS) is 23.4. The van der Waals surface area contributed by atoms with Crippen LogP contribution in [0.4, 0.5) is 5.69 Å². The minimum atomic E-state index is -0.707. The van der Waals surface area contributed by atoms with Gasteiger partial charge in [-0.25, -0.2) is 0 Å². The van der Waals surface area contributed by atoms with Crippen molar-refractivity contribution in [3.63, 3.8) is 0 Å². The number of anilines is 1. The highest BCUT2D eigenvalue weighted by atomic mass is 35.5. The Balaban J connectivity index is 0.00000261. The van der Waals surface area contributed by atoms with Gasteiger partial charge in [-0.2, -0.15) is 0 Å². The number of nitrogens with two attached hydrogens (primary N) is 1. The van der Waals surface area contributed by atoms with Crippen molar-refractivity contribution in [2.24, 2.45) is 17.6 Å². The molecule has 1 saturated carbocycles. The van der Waals surface area contributed by atoms with E-state index < -0.39 is 5.97 Å². The molecule has 0 aromatic heterocycles. The number of carbonyl (C=O) groups excluding carboxylic acids is 1. The Morgan fingerprint density at radius 2 is 1.59 bits per heavy atom. The van der Waals surface area contributed by atoms with Gasteiger partial charge in [0.25, 0.3) is 0 Å². The zero-order chi connectivity index (χ0) is 18.5. The first kappa shape index (κ1) is 21.5. The molecule has 0 radical (unpaired) electrons. The number of benzene rings is 1. The molecule has 7 heteroatoms. The fraction of sp³-hybridized carbons (Fsp3) is 0.600. The fourth-order valence-electron chi connectivity index (χ4n) is 4.05. The number of hydrogen-bond donors (Lipinski definition) is 3. The van der Waals surface area contributed by atoms with Crippen LogP contribution in [0.1, 0.15) is 44.1 Å². The van der Waals surface area contributed by atoms with Crippen LogP contribution in [-0.4, -0.2) is 36.1 Å². The number of carboxylic acids is 1. The first-order chi connectivity index (χ1) is 12.6. The number of piperidine rings is 1. The standard InChI is InChI=1S/C20H29N3O3.ClH/c21-13-14-1-7-18(8-2-14)23-11-9-15(10-12-23)19(24)22-17-5-3-16(4-6-17)20(25)26;/h1-2,7-8,15-17H,3-6,9-13,21H2,(H,22,24)(H,25,26);1H. The Hall–Kier alpha value is -1.79. The lowest BCUT2D eigenvalue weighted by Gasteiger charge is -2.34. The molecule has 1 aromatic carbocycles. The summed E-state index contributed by atoms with van der Waals surface area (Å²) in [6.07, 6.45) is 4.59. The summed E-state index contributed by atoms with van der Waals surface area (Å²) in [7, 11) is 0. The van der Waals surface area contributed by atoms with E-state index in [0.717, 1.165) is 44.3 Å². The van der Waals surface area contributed by atoms with E-state index >= 15 is 0 Å². The molecule has 1 saturated heterocycles. The van der Waals surface area contributed by atoms with E-state index in [1.165, 1.54) is 5.69 Å². The van der Waals surface area contributed by atoms with Crippen molar-refractivity contribution in [2.75, 3.05) is 18.0 Å². The number of carboxylic acid groups (broad SMARTS) is 1. The van der Waals surface area contributed by atoms with E-state index in [9.17, 15) is 9.59 Å². The third-order valence-electron chi connectivity index (χ3n) is 5.83. The van der Waals surface area contributed by atoms with Gasteiger partial charge >= 0.3 is 5.97 Å². The Kier molecular flexibility index (Phi) is 7.92. The molecule has 1 aliphatic carbocycles. The minimum absolute atomic E-state index is 0. The molecule has 1 amide bonds. The summed E-state index contributed by atoms with van der Waals surface area (Å²) in [5.41, 5.74) is 7.96. The van der Waals surface area contributed by atoms with Crippen LogP contribution in [0.3, 0.4) is 0 Å². The van der Waals surface area contributed by atoms with Gasteiger partial charge < -0.3 is 21.1 Å². The van der Waals surface area contributed by atoms with E-state index in [-0.39, 0.29) is 36.2 Å². The van der Waals surface area contributed by atoms with Gasteiger partial charge in [0.1, 0.15) is 0 Å². The molecule has 1 heterocycles. The van der Waals surface area contributed by atoms with E-state index in [1.54, 1.807) is 0 Å². The molecular formula is C20H30ClN3O3. The van der Waals surface area contributed by atoms with Gasteiger partial charge in [0.15, 0.2) is 0 Å². The second kappa shape index (κ2) is 9.95. The topological polar surface area (TPSA) is 95.7 Å². The van der Waals surface area contributed by atoms with E-state index in [0.29, 0.717) is 19.4 Å². The molecule has 1 aliphatic heterocycles. The summed E-state index contributed by atoms with van der Waals surface area (Å²) in [6.45, 7) is 2.31. The molecule has 2 aliphatic rings. The summed E-state index contributed by atoms with van der Waals surface area (Å²) in [5.74, 6) is -0.743. The number of aliphatic carboxylic acids is 1. The fourth-order valence-corrected chi connectivity index (χ4v) is 4.05. The molecule has 0 spiro atoms. The van der Waals surface area contributed by atoms with E-state index in [1.807, 2.05) is 0 Å². The van der Waals surface area contributed by atoms with Gasteiger partial charge in [-0.05, 0) is 56.2 Å². The molecular weight excluding hydrogens is 366 g/mol. The SMILES string of the molecule is Cl.NCc1ccc(N2CCC(C(=O)NC3CCC(C(=O)O)CC3)CC2)cc1. The van der Waals surface area contributed by atoms with Crippen molar-refractivity contribution < 1.29 is 14.7 Å². The number of halogens is 1. The molecule has 27 heavy (non-hydrogen) atoms. The van der Waals surface area contributed by atoms with Crippen molar-refractivity contribution in [1.29, 1.82) is 0 Å². The minimum Gasteiger partial charge on any atom is -0.481 e. The highest BCUT2D eigenvalue weighted by molar-refractivity contribution is 5.85. The van der Waals surface area contributed by atoms with Gasteiger partial charge in [0.05, 0.1) is 5.92 Å². The van der Waals surface area contributed by atoms with Crippen molar-refractivity contribution in [3.05, 3.63) is 29.8 Å². The Morgan fingerprint density at radius 3 is 2.11 bits per heavy atom. The highest BCUT2D eigenvalue weighted by Gasteiger charge is 2.30. The molecule has 0 atom stereocenters. The number of nitrogens with zero attached hydrogens (tertiary/aromatic N) is 1. The van der Waals surface area contributed by atoms with Crippen molar-refractivity contribution in [2.45, 2.75) is 51.1 Å². The van der Waals surface area contributed by atoms with Crippen LogP contribution < -0.4 is 16.0 Å². The van der Waals surface area contributed by atoms with Crippen LogP contribution in [0.2, 0.25) is 0 Å². The van der Waals surface area contributed by atoms with Crippen LogP contribution in [0.15, 0.2) is 24.3 Å². The Morgan fingerprint density at radius 1 is 1.00 bits per heavy atom. The van der Waals surface area contributed by atoms with Gasteiger partial charge in [-0.1, -0.05) is 12.1 Å². The molecule has 4 N–H and O–H groups in total. The lowest BCUT2D eigenvalue weighted by molar-refractivity contribution is -0.142. The first-order valence-corrected chi connectivity index (χ1v) is 9.64. The lowest BCUT2D eigenvalue weighted by Crippen LogP contribution is -2.45.